The number of anilines is 1. The lowest BCUT2D eigenvalue weighted by atomic mass is 10.3. The van der Waals surface area contributed by atoms with Crippen LogP contribution in [0.5, 0.6) is 0 Å². The number of thiophene rings is 1. The van der Waals surface area contributed by atoms with Gasteiger partial charge in [0.05, 0.1) is 11.7 Å². The van der Waals surface area contributed by atoms with E-state index in [-0.39, 0.29) is 18.0 Å². The standard InChI is InChI=1S/C14H10ClN3O2S/c15-9-2-1-3-10(6-9)17-12(19)7-18-8-16-13-11(14(18)20)4-5-21-13/h1-6,8H,7H2,(H,17,19). The first-order valence-corrected chi connectivity index (χ1v) is 7.37. The number of nitrogens with one attached hydrogen (secondary N) is 1. The van der Waals surface area contributed by atoms with Crippen molar-refractivity contribution in [1.29, 1.82) is 0 Å². The third-order valence-corrected chi connectivity index (χ3v) is 3.93. The molecule has 2 aromatic heterocycles. The summed E-state index contributed by atoms with van der Waals surface area (Å²) in [5.41, 5.74) is 0.368. The second-order valence-corrected chi connectivity index (χ2v) is 5.71. The van der Waals surface area contributed by atoms with E-state index >= 15 is 0 Å². The van der Waals surface area contributed by atoms with Crippen LogP contribution >= 0.6 is 22.9 Å². The van der Waals surface area contributed by atoms with E-state index in [0.29, 0.717) is 20.9 Å². The molecule has 106 valence electrons. The zero-order valence-electron chi connectivity index (χ0n) is 10.7. The number of halogens is 1. The van der Waals surface area contributed by atoms with E-state index < -0.39 is 0 Å². The highest BCUT2D eigenvalue weighted by atomic mass is 35.5. The smallest absolute Gasteiger partial charge is 0.262 e. The number of carbonyl (C=O) groups is 1. The molecule has 1 amide bonds. The highest BCUT2D eigenvalue weighted by Gasteiger charge is 2.09. The summed E-state index contributed by atoms with van der Waals surface area (Å²) >= 11 is 7.24. The van der Waals surface area contributed by atoms with Crippen molar-refractivity contribution in [2.45, 2.75) is 6.54 Å². The van der Waals surface area contributed by atoms with Crippen LogP contribution in [0.15, 0.2) is 46.8 Å². The Morgan fingerprint density at radius 2 is 2.24 bits per heavy atom. The lowest BCUT2D eigenvalue weighted by Crippen LogP contribution is -2.27. The summed E-state index contributed by atoms with van der Waals surface area (Å²) in [4.78, 5) is 29.0. The van der Waals surface area contributed by atoms with Gasteiger partial charge in [-0.1, -0.05) is 17.7 Å². The first kappa shape index (κ1) is 13.8. The fraction of sp³-hybridized carbons (Fsp3) is 0.0714. The zero-order valence-corrected chi connectivity index (χ0v) is 12.3. The Morgan fingerprint density at radius 3 is 3.05 bits per heavy atom. The molecule has 0 saturated heterocycles. The first-order chi connectivity index (χ1) is 10.1. The number of rotatable bonds is 3. The molecular weight excluding hydrogens is 310 g/mol. The van der Waals surface area contributed by atoms with Gasteiger partial charge in [0.15, 0.2) is 0 Å². The van der Waals surface area contributed by atoms with Crippen molar-refractivity contribution in [2.75, 3.05) is 5.32 Å². The van der Waals surface area contributed by atoms with Gasteiger partial charge in [0, 0.05) is 10.7 Å². The molecule has 0 aliphatic heterocycles. The van der Waals surface area contributed by atoms with Gasteiger partial charge in [0.25, 0.3) is 5.56 Å². The van der Waals surface area contributed by atoms with Crippen LogP contribution in [0.2, 0.25) is 5.02 Å². The predicted molar refractivity (Wildman–Crippen MR) is 84.0 cm³/mol. The van der Waals surface area contributed by atoms with Crippen molar-refractivity contribution in [3.8, 4) is 0 Å². The van der Waals surface area contributed by atoms with E-state index in [1.54, 1.807) is 35.7 Å². The molecule has 0 fully saturated rings. The first-order valence-electron chi connectivity index (χ1n) is 6.11. The second-order valence-electron chi connectivity index (χ2n) is 4.38. The van der Waals surface area contributed by atoms with Crippen molar-refractivity contribution >= 4 is 44.7 Å². The molecule has 21 heavy (non-hydrogen) atoms. The summed E-state index contributed by atoms with van der Waals surface area (Å²) in [6, 6.07) is 8.54. The van der Waals surface area contributed by atoms with Gasteiger partial charge in [-0.3, -0.25) is 14.2 Å². The van der Waals surface area contributed by atoms with Crippen LogP contribution < -0.4 is 10.9 Å². The number of carbonyl (C=O) groups excluding carboxylic acids is 1. The zero-order chi connectivity index (χ0) is 14.8. The Labute approximate surface area is 128 Å². The number of aromatic nitrogens is 2. The van der Waals surface area contributed by atoms with Crippen molar-refractivity contribution in [3.63, 3.8) is 0 Å². The van der Waals surface area contributed by atoms with Crippen LogP contribution in [-0.2, 0) is 11.3 Å². The van der Waals surface area contributed by atoms with Crippen LogP contribution in [0.3, 0.4) is 0 Å². The summed E-state index contributed by atoms with van der Waals surface area (Å²) < 4.78 is 1.29. The van der Waals surface area contributed by atoms with E-state index in [9.17, 15) is 9.59 Å². The summed E-state index contributed by atoms with van der Waals surface area (Å²) in [6.45, 7) is -0.0931. The largest absolute Gasteiger partial charge is 0.324 e. The molecule has 0 atom stereocenters. The molecule has 0 radical (unpaired) electrons. The number of amides is 1. The predicted octanol–water partition coefficient (Wildman–Crippen LogP) is 2.75. The molecule has 0 saturated carbocycles. The van der Waals surface area contributed by atoms with E-state index in [1.807, 2.05) is 0 Å². The highest BCUT2D eigenvalue weighted by Crippen LogP contribution is 2.15. The fourth-order valence-corrected chi connectivity index (χ4v) is 2.84. The maximum atomic E-state index is 12.2. The summed E-state index contributed by atoms with van der Waals surface area (Å²) in [5.74, 6) is -0.309. The molecule has 3 aromatic rings. The molecule has 0 bridgehead atoms. The monoisotopic (exact) mass is 319 g/mol. The van der Waals surface area contributed by atoms with Crippen molar-refractivity contribution in [1.82, 2.24) is 9.55 Å². The number of hydrogen-bond acceptors (Lipinski definition) is 4. The van der Waals surface area contributed by atoms with Crippen LogP contribution in [0.25, 0.3) is 10.2 Å². The minimum Gasteiger partial charge on any atom is -0.324 e. The Bertz CT molecular complexity index is 872. The van der Waals surface area contributed by atoms with Gasteiger partial charge < -0.3 is 5.32 Å². The molecular formula is C14H10ClN3O2S. The van der Waals surface area contributed by atoms with Crippen molar-refractivity contribution < 1.29 is 4.79 Å². The van der Waals surface area contributed by atoms with Crippen LogP contribution in [0.1, 0.15) is 0 Å². The average molecular weight is 320 g/mol. The maximum absolute atomic E-state index is 12.2. The maximum Gasteiger partial charge on any atom is 0.262 e. The quantitative estimate of drug-likeness (QED) is 0.807. The van der Waals surface area contributed by atoms with Gasteiger partial charge in [0.1, 0.15) is 11.4 Å². The Balaban J connectivity index is 1.80. The Hall–Kier alpha value is -2.18. The summed E-state index contributed by atoms with van der Waals surface area (Å²) in [6.07, 6.45) is 1.39. The third kappa shape index (κ3) is 2.96. The topological polar surface area (TPSA) is 64.0 Å². The normalized spacial score (nSPS) is 10.7. The van der Waals surface area contributed by atoms with Crippen LogP contribution in [0, 0.1) is 0 Å². The van der Waals surface area contributed by atoms with Gasteiger partial charge in [-0.2, -0.15) is 0 Å². The third-order valence-electron chi connectivity index (χ3n) is 2.87. The number of fused-ring (bicyclic) bond motifs is 1. The number of benzene rings is 1. The van der Waals surface area contributed by atoms with Gasteiger partial charge in [-0.25, -0.2) is 4.98 Å². The minimum absolute atomic E-state index is 0.0931. The van der Waals surface area contributed by atoms with E-state index in [4.69, 9.17) is 11.6 Å². The van der Waals surface area contributed by atoms with Crippen molar-refractivity contribution in [2.24, 2.45) is 0 Å². The molecule has 0 spiro atoms. The molecule has 1 aromatic carbocycles. The minimum atomic E-state index is -0.309. The Kier molecular flexibility index (Phi) is 3.72. The van der Waals surface area contributed by atoms with E-state index in [2.05, 4.69) is 10.3 Å². The van der Waals surface area contributed by atoms with Gasteiger partial charge in [-0.05, 0) is 29.6 Å². The van der Waals surface area contributed by atoms with Gasteiger partial charge in [0.2, 0.25) is 5.91 Å². The van der Waals surface area contributed by atoms with Crippen molar-refractivity contribution in [3.05, 3.63) is 57.4 Å². The summed E-state index contributed by atoms with van der Waals surface area (Å²) in [5, 5.41) is 5.55. The average Bonchev–Trinajstić information content (AvgIpc) is 2.91. The number of nitrogens with zero attached hydrogens (tertiary/aromatic N) is 2. The molecule has 3 rings (SSSR count). The lowest BCUT2D eigenvalue weighted by molar-refractivity contribution is -0.116. The molecule has 2 heterocycles. The molecule has 0 aliphatic carbocycles. The van der Waals surface area contributed by atoms with E-state index in [0.717, 1.165) is 0 Å². The number of hydrogen-bond donors (Lipinski definition) is 1. The molecule has 7 heteroatoms. The van der Waals surface area contributed by atoms with Gasteiger partial charge in [-0.15, -0.1) is 11.3 Å². The van der Waals surface area contributed by atoms with Crippen LogP contribution in [-0.4, -0.2) is 15.5 Å². The summed E-state index contributed by atoms with van der Waals surface area (Å²) in [7, 11) is 0. The molecule has 1 N–H and O–H groups in total. The Morgan fingerprint density at radius 1 is 1.38 bits per heavy atom. The van der Waals surface area contributed by atoms with E-state index in [1.165, 1.54) is 22.2 Å². The highest BCUT2D eigenvalue weighted by molar-refractivity contribution is 7.16. The fourth-order valence-electron chi connectivity index (χ4n) is 1.93. The second kappa shape index (κ2) is 5.67. The van der Waals surface area contributed by atoms with Gasteiger partial charge >= 0.3 is 0 Å². The molecule has 0 unspecified atom stereocenters. The SMILES string of the molecule is O=C(Cn1cnc2sccc2c1=O)Nc1cccc(Cl)c1. The lowest BCUT2D eigenvalue weighted by Gasteiger charge is -2.07. The van der Waals surface area contributed by atoms with Crippen LogP contribution in [0.4, 0.5) is 5.69 Å². The molecule has 0 aliphatic rings. The molecule has 5 nitrogen and oxygen atoms in total.